The van der Waals surface area contributed by atoms with Crippen LogP contribution in [0.2, 0.25) is 0 Å². The van der Waals surface area contributed by atoms with Gasteiger partial charge in [0.05, 0.1) is 13.2 Å². The van der Waals surface area contributed by atoms with E-state index in [0.29, 0.717) is 5.56 Å². The molecule has 1 amide bonds. The number of thiophene rings is 1. The van der Waals surface area contributed by atoms with Crippen LogP contribution in [0.25, 0.3) is 0 Å². The highest BCUT2D eigenvalue weighted by Crippen LogP contribution is 2.23. The minimum absolute atomic E-state index is 0.174. The minimum Gasteiger partial charge on any atom is -0.494 e. The van der Waals surface area contributed by atoms with E-state index < -0.39 is 11.9 Å². The van der Waals surface area contributed by atoms with E-state index >= 15 is 0 Å². The highest BCUT2D eigenvalue weighted by atomic mass is 32.1. The average molecular weight is 308 g/mol. The molecule has 0 radical (unpaired) electrons. The molecule has 0 bridgehead atoms. The first-order valence-electron chi connectivity index (χ1n) is 6.45. The lowest BCUT2D eigenvalue weighted by Crippen LogP contribution is -2.35. The molecule has 1 aromatic heterocycles. The zero-order valence-corrected chi connectivity index (χ0v) is 12.6. The highest BCUT2D eigenvalue weighted by Gasteiger charge is 2.19. The lowest BCUT2D eigenvalue weighted by atomic mass is 10.1. The fourth-order valence-corrected chi connectivity index (χ4v) is 2.66. The number of methoxy groups -OCH3 is 1. The second-order valence-electron chi connectivity index (χ2n) is 4.62. The molecule has 0 fully saturated rings. The van der Waals surface area contributed by atoms with Crippen LogP contribution >= 0.6 is 11.3 Å². The van der Waals surface area contributed by atoms with E-state index in [9.17, 15) is 9.18 Å². The van der Waals surface area contributed by atoms with Crippen molar-refractivity contribution in [3.63, 3.8) is 0 Å². The monoisotopic (exact) mass is 308 g/mol. The number of carbonyl (C=O) groups excluding carboxylic acids is 1. The molecule has 4 nitrogen and oxygen atoms in total. The van der Waals surface area contributed by atoms with Crippen LogP contribution in [-0.4, -0.2) is 13.0 Å². The molecular weight excluding hydrogens is 291 g/mol. The first-order valence-corrected chi connectivity index (χ1v) is 7.33. The summed E-state index contributed by atoms with van der Waals surface area (Å²) in [5, 5.41) is 4.65. The first kappa shape index (κ1) is 15.5. The molecule has 2 rings (SSSR count). The number of ether oxygens (including phenoxy) is 1. The molecule has 2 atom stereocenters. The van der Waals surface area contributed by atoms with Gasteiger partial charge in [0.15, 0.2) is 11.6 Å². The Labute approximate surface area is 126 Å². The van der Waals surface area contributed by atoms with Crippen LogP contribution in [-0.2, 0) is 4.79 Å². The maximum Gasteiger partial charge on any atom is 0.242 e. The summed E-state index contributed by atoms with van der Waals surface area (Å²) in [6.45, 7) is 1.78. The summed E-state index contributed by atoms with van der Waals surface area (Å²) in [6.07, 6.45) is 0. The molecule has 2 unspecified atom stereocenters. The van der Waals surface area contributed by atoms with Crippen molar-refractivity contribution in [3.8, 4) is 5.75 Å². The van der Waals surface area contributed by atoms with Gasteiger partial charge in [0.1, 0.15) is 6.04 Å². The van der Waals surface area contributed by atoms with Gasteiger partial charge in [0.25, 0.3) is 0 Å². The van der Waals surface area contributed by atoms with Crippen molar-refractivity contribution < 1.29 is 13.9 Å². The van der Waals surface area contributed by atoms with Crippen molar-refractivity contribution in [3.05, 3.63) is 52.0 Å². The predicted octanol–water partition coefficient (Wildman–Crippen LogP) is 2.77. The van der Waals surface area contributed by atoms with Crippen molar-refractivity contribution in [2.45, 2.75) is 19.0 Å². The molecule has 112 valence electrons. The number of hydrogen-bond acceptors (Lipinski definition) is 4. The van der Waals surface area contributed by atoms with Crippen LogP contribution in [0.3, 0.4) is 0 Å². The number of hydrogen-bond donors (Lipinski definition) is 2. The van der Waals surface area contributed by atoms with E-state index in [1.165, 1.54) is 30.6 Å². The molecule has 0 saturated heterocycles. The Hall–Kier alpha value is -1.92. The van der Waals surface area contributed by atoms with Crippen LogP contribution in [0.5, 0.6) is 5.75 Å². The molecule has 0 spiro atoms. The van der Waals surface area contributed by atoms with Gasteiger partial charge in [-0.25, -0.2) is 4.39 Å². The van der Waals surface area contributed by atoms with Gasteiger partial charge in [-0.15, -0.1) is 11.3 Å². The van der Waals surface area contributed by atoms with E-state index in [-0.39, 0.29) is 17.7 Å². The molecule has 21 heavy (non-hydrogen) atoms. The number of nitrogens with one attached hydrogen (secondary N) is 1. The lowest BCUT2D eigenvalue weighted by molar-refractivity contribution is -0.123. The Morgan fingerprint density at radius 2 is 2.19 bits per heavy atom. The summed E-state index contributed by atoms with van der Waals surface area (Å²) >= 11 is 1.43. The van der Waals surface area contributed by atoms with E-state index in [1.54, 1.807) is 13.0 Å². The summed E-state index contributed by atoms with van der Waals surface area (Å²) < 4.78 is 18.5. The Bertz CT molecular complexity index is 616. The molecule has 0 aliphatic rings. The van der Waals surface area contributed by atoms with Gasteiger partial charge in [0, 0.05) is 4.88 Å². The maximum atomic E-state index is 13.7. The molecule has 0 aliphatic carbocycles. The summed E-state index contributed by atoms with van der Waals surface area (Å²) in [5.41, 5.74) is 6.54. The second kappa shape index (κ2) is 6.69. The molecule has 1 heterocycles. The topological polar surface area (TPSA) is 64.3 Å². The maximum absolute atomic E-state index is 13.7. The molecule has 2 aromatic rings. The third-order valence-electron chi connectivity index (χ3n) is 3.17. The number of carbonyl (C=O) groups is 1. The number of halogens is 1. The van der Waals surface area contributed by atoms with Gasteiger partial charge in [-0.2, -0.15) is 0 Å². The summed E-state index contributed by atoms with van der Waals surface area (Å²) in [6, 6.07) is 7.19. The molecule has 0 saturated carbocycles. The fourth-order valence-electron chi connectivity index (χ4n) is 1.94. The molecule has 0 aliphatic heterocycles. The molecule has 1 aromatic carbocycles. The largest absolute Gasteiger partial charge is 0.494 e. The third kappa shape index (κ3) is 3.59. The second-order valence-corrected chi connectivity index (χ2v) is 5.60. The number of amides is 1. The Kier molecular flexibility index (Phi) is 4.93. The van der Waals surface area contributed by atoms with Crippen molar-refractivity contribution in [1.82, 2.24) is 5.32 Å². The van der Waals surface area contributed by atoms with E-state index in [0.717, 1.165) is 4.88 Å². The standard InChI is InChI=1S/C15H17FN2O2S/c1-9(10-5-6-12(20-2)11(16)8-10)18-15(19)14(17)13-4-3-7-21-13/h3-9,14H,17H2,1-2H3,(H,18,19). The fraction of sp³-hybridized carbons (Fsp3) is 0.267. The van der Waals surface area contributed by atoms with Crippen molar-refractivity contribution >= 4 is 17.2 Å². The lowest BCUT2D eigenvalue weighted by Gasteiger charge is -2.17. The third-order valence-corrected chi connectivity index (χ3v) is 4.12. The van der Waals surface area contributed by atoms with Crippen LogP contribution in [0.4, 0.5) is 4.39 Å². The first-order chi connectivity index (χ1) is 10.0. The SMILES string of the molecule is COc1ccc(C(C)NC(=O)C(N)c2cccs2)cc1F. The van der Waals surface area contributed by atoms with E-state index in [1.807, 2.05) is 17.5 Å². The summed E-state index contributed by atoms with van der Waals surface area (Å²) in [4.78, 5) is 12.9. The smallest absolute Gasteiger partial charge is 0.242 e. The zero-order valence-electron chi connectivity index (χ0n) is 11.8. The van der Waals surface area contributed by atoms with Crippen LogP contribution in [0.15, 0.2) is 35.7 Å². The quantitative estimate of drug-likeness (QED) is 0.892. The van der Waals surface area contributed by atoms with Gasteiger partial charge >= 0.3 is 0 Å². The number of benzene rings is 1. The van der Waals surface area contributed by atoms with Crippen molar-refractivity contribution in [2.75, 3.05) is 7.11 Å². The predicted molar refractivity (Wildman–Crippen MR) is 80.8 cm³/mol. The van der Waals surface area contributed by atoms with Crippen LogP contribution < -0.4 is 15.8 Å². The average Bonchev–Trinajstić information content (AvgIpc) is 3.00. The van der Waals surface area contributed by atoms with Gasteiger partial charge in [-0.3, -0.25) is 4.79 Å². The normalized spacial score (nSPS) is 13.5. The molecule has 3 N–H and O–H groups in total. The van der Waals surface area contributed by atoms with Crippen LogP contribution in [0, 0.1) is 5.82 Å². The Morgan fingerprint density at radius 1 is 1.43 bits per heavy atom. The zero-order chi connectivity index (χ0) is 15.4. The van der Waals surface area contributed by atoms with Gasteiger partial charge < -0.3 is 15.8 Å². The Balaban J connectivity index is 2.05. The van der Waals surface area contributed by atoms with Crippen molar-refractivity contribution in [2.24, 2.45) is 5.73 Å². The van der Waals surface area contributed by atoms with Crippen LogP contribution in [0.1, 0.15) is 29.4 Å². The summed E-state index contributed by atoms with van der Waals surface area (Å²) in [7, 11) is 1.41. The highest BCUT2D eigenvalue weighted by molar-refractivity contribution is 7.10. The number of rotatable bonds is 5. The Morgan fingerprint density at radius 3 is 2.76 bits per heavy atom. The van der Waals surface area contributed by atoms with Gasteiger partial charge in [0.2, 0.25) is 5.91 Å². The molecule has 6 heteroatoms. The van der Waals surface area contributed by atoms with E-state index in [2.05, 4.69) is 5.32 Å². The molecular formula is C15H17FN2O2S. The number of nitrogens with two attached hydrogens (primary N) is 1. The van der Waals surface area contributed by atoms with E-state index in [4.69, 9.17) is 10.5 Å². The summed E-state index contributed by atoms with van der Waals surface area (Å²) in [5.74, 6) is -0.576. The van der Waals surface area contributed by atoms with Crippen molar-refractivity contribution in [1.29, 1.82) is 0 Å². The van der Waals surface area contributed by atoms with Gasteiger partial charge in [-0.05, 0) is 36.1 Å². The van der Waals surface area contributed by atoms with Gasteiger partial charge in [-0.1, -0.05) is 12.1 Å². The minimum atomic E-state index is -0.712.